The maximum absolute atomic E-state index is 12.7. The predicted molar refractivity (Wildman–Crippen MR) is 113 cm³/mol. The minimum absolute atomic E-state index is 0.0585. The Balaban J connectivity index is 1.44. The van der Waals surface area contributed by atoms with Gasteiger partial charge in [0.25, 0.3) is 0 Å². The zero-order valence-electron chi connectivity index (χ0n) is 16.5. The third-order valence-corrected chi connectivity index (χ3v) is 5.85. The second-order valence-electron chi connectivity index (χ2n) is 7.70. The SMILES string of the molecule is NC[C@H]1CCC[C@H]1C(=O)NCc1ccccc1-c1ccc(Cn2cncn2)cc1. The minimum Gasteiger partial charge on any atom is -0.352 e. The molecule has 2 atom stereocenters. The van der Waals surface area contributed by atoms with Crippen LogP contribution in [-0.2, 0) is 17.9 Å². The first-order chi connectivity index (χ1) is 14.2. The zero-order valence-corrected chi connectivity index (χ0v) is 16.5. The molecule has 1 aromatic heterocycles. The number of rotatable bonds is 7. The van der Waals surface area contributed by atoms with Crippen molar-refractivity contribution in [2.45, 2.75) is 32.4 Å². The molecule has 0 bridgehead atoms. The molecular weight excluding hydrogens is 362 g/mol. The normalized spacial score (nSPS) is 18.7. The lowest BCUT2D eigenvalue weighted by molar-refractivity contribution is -0.126. The summed E-state index contributed by atoms with van der Waals surface area (Å²) in [5.41, 5.74) is 10.4. The molecule has 3 N–H and O–H groups in total. The molecule has 1 fully saturated rings. The van der Waals surface area contributed by atoms with Crippen molar-refractivity contribution in [1.82, 2.24) is 20.1 Å². The lowest BCUT2D eigenvalue weighted by Crippen LogP contribution is -2.34. The van der Waals surface area contributed by atoms with E-state index in [1.165, 1.54) is 5.56 Å². The van der Waals surface area contributed by atoms with Gasteiger partial charge in [-0.1, -0.05) is 55.0 Å². The van der Waals surface area contributed by atoms with E-state index in [1.54, 1.807) is 17.3 Å². The fraction of sp³-hybridized carbons (Fsp3) is 0.348. The van der Waals surface area contributed by atoms with E-state index >= 15 is 0 Å². The van der Waals surface area contributed by atoms with Gasteiger partial charge in [0, 0.05) is 12.5 Å². The van der Waals surface area contributed by atoms with Gasteiger partial charge in [-0.2, -0.15) is 5.10 Å². The summed E-state index contributed by atoms with van der Waals surface area (Å²) in [6.45, 7) is 1.82. The quantitative estimate of drug-likeness (QED) is 0.650. The van der Waals surface area contributed by atoms with Gasteiger partial charge in [-0.3, -0.25) is 4.79 Å². The Bertz CT molecular complexity index is 936. The van der Waals surface area contributed by atoms with Crippen molar-refractivity contribution in [3.63, 3.8) is 0 Å². The van der Waals surface area contributed by atoms with Crippen molar-refractivity contribution in [3.05, 3.63) is 72.3 Å². The van der Waals surface area contributed by atoms with Gasteiger partial charge in [0.15, 0.2) is 0 Å². The van der Waals surface area contributed by atoms with Crippen molar-refractivity contribution in [3.8, 4) is 11.1 Å². The maximum Gasteiger partial charge on any atom is 0.223 e. The van der Waals surface area contributed by atoms with Crippen LogP contribution < -0.4 is 11.1 Å². The van der Waals surface area contributed by atoms with Crippen LogP contribution in [0.5, 0.6) is 0 Å². The van der Waals surface area contributed by atoms with Gasteiger partial charge in [-0.05, 0) is 47.6 Å². The molecule has 1 aliphatic carbocycles. The molecule has 29 heavy (non-hydrogen) atoms. The van der Waals surface area contributed by atoms with E-state index < -0.39 is 0 Å². The zero-order chi connectivity index (χ0) is 20.1. The van der Waals surface area contributed by atoms with Gasteiger partial charge in [0.2, 0.25) is 5.91 Å². The van der Waals surface area contributed by atoms with E-state index in [0.29, 0.717) is 25.6 Å². The van der Waals surface area contributed by atoms with E-state index in [4.69, 9.17) is 5.73 Å². The summed E-state index contributed by atoms with van der Waals surface area (Å²) in [6.07, 6.45) is 6.36. The van der Waals surface area contributed by atoms with Crippen LogP contribution in [0.2, 0.25) is 0 Å². The van der Waals surface area contributed by atoms with Crippen LogP contribution in [0.1, 0.15) is 30.4 Å². The summed E-state index contributed by atoms with van der Waals surface area (Å²) in [5.74, 6) is 0.516. The Morgan fingerprint density at radius 1 is 1.14 bits per heavy atom. The largest absolute Gasteiger partial charge is 0.352 e. The number of nitrogens with one attached hydrogen (secondary N) is 1. The molecule has 0 spiro atoms. The average Bonchev–Trinajstić information content (AvgIpc) is 3.44. The fourth-order valence-electron chi connectivity index (χ4n) is 4.22. The highest BCUT2D eigenvalue weighted by molar-refractivity contribution is 5.79. The van der Waals surface area contributed by atoms with E-state index in [1.807, 2.05) is 12.1 Å². The first-order valence-corrected chi connectivity index (χ1v) is 10.2. The molecule has 1 aliphatic rings. The minimum atomic E-state index is 0.0585. The number of nitrogens with zero attached hydrogens (tertiary/aromatic N) is 3. The molecule has 1 amide bonds. The molecule has 6 heteroatoms. The molecule has 0 saturated heterocycles. The third kappa shape index (κ3) is 4.54. The van der Waals surface area contributed by atoms with E-state index in [2.05, 4.69) is 51.8 Å². The molecule has 3 aromatic rings. The molecule has 0 radical (unpaired) electrons. The monoisotopic (exact) mass is 389 g/mol. The van der Waals surface area contributed by atoms with E-state index in [0.717, 1.165) is 36.0 Å². The van der Waals surface area contributed by atoms with E-state index in [9.17, 15) is 4.79 Å². The summed E-state index contributed by atoms with van der Waals surface area (Å²) in [5, 5.41) is 7.29. The van der Waals surface area contributed by atoms with Gasteiger partial charge in [-0.25, -0.2) is 9.67 Å². The standard InChI is InChI=1S/C23H27N5O/c24-12-19-5-3-7-22(19)23(29)26-13-20-4-1-2-6-21(20)18-10-8-17(9-11-18)14-28-16-25-15-27-28/h1-2,4,6,8-11,15-16,19,22H,3,5,7,12-14,24H2,(H,26,29)/t19-,22-/m1/s1. The summed E-state index contributed by atoms with van der Waals surface area (Å²) >= 11 is 0. The molecule has 2 aromatic carbocycles. The van der Waals surface area contributed by atoms with Crippen LogP contribution in [0.3, 0.4) is 0 Å². The van der Waals surface area contributed by atoms with Crippen molar-refractivity contribution >= 4 is 5.91 Å². The first kappa shape index (κ1) is 19.3. The fourth-order valence-corrected chi connectivity index (χ4v) is 4.22. The Morgan fingerprint density at radius 2 is 1.97 bits per heavy atom. The highest BCUT2D eigenvalue weighted by Crippen LogP contribution is 2.31. The molecule has 1 heterocycles. The Hall–Kier alpha value is -2.99. The van der Waals surface area contributed by atoms with Crippen LogP contribution in [0.25, 0.3) is 11.1 Å². The molecule has 6 nitrogen and oxygen atoms in total. The van der Waals surface area contributed by atoms with Crippen LogP contribution in [0.4, 0.5) is 0 Å². The van der Waals surface area contributed by atoms with Crippen LogP contribution in [-0.4, -0.2) is 27.2 Å². The lowest BCUT2D eigenvalue weighted by atomic mass is 9.95. The summed E-state index contributed by atoms with van der Waals surface area (Å²) in [4.78, 5) is 16.6. The number of hydrogen-bond acceptors (Lipinski definition) is 4. The van der Waals surface area contributed by atoms with Gasteiger partial charge in [0.05, 0.1) is 6.54 Å². The van der Waals surface area contributed by atoms with E-state index in [-0.39, 0.29) is 11.8 Å². The molecule has 150 valence electrons. The highest BCUT2D eigenvalue weighted by atomic mass is 16.1. The number of amides is 1. The Morgan fingerprint density at radius 3 is 2.72 bits per heavy atom. The highest BCUT2D eigenvalue weighted by Gasteiger charge is 2.31. The van der Waals surface area contributed by atoms with Crippen LogP contribution in [0.15, 0.2) is 61.2 Å². The number of benzene rings is 2. The second kappa shape index (κ2) is 9.01. The molecule has 0 aliphatic heterocycles. The van der Waals surface area contributed by atoms with Crippen molar-refractivity contribution in [2.24, 2.45) is 17.6 Å². The third-order valence-electron chi connectivity index (χ3n) is 5.85. The number of nitrogens with two attached hydrogens (primary N) is 1. The lowest BCUT2D eigenvalue weighted by Gasteiger charge is -2.18. The molecule has 1 saturated carbocycles. The maximum atomic E-state index is 12.7. The topological polar surface area (TPSA) is 85.8 Å². The van der Waals surface area contributed by atoms with Gasteiger partial charge in [0.1, 0.15) is 12.7 Å². The average molecular weight is 390 g/mol. The smallest absolute Gasteiger partial charge is 0.223 e. The molecule has 4 rings (SSSR count). The number of aromatic nitrogens is 3. The Labute approximate surface area is 171 Å². The predicted octanol–water partition coefficient (Wildman–Crippen LogP) is 2.98. The van der Waals surface area contributed by atoms with Gasteiger partial charge in [-0.15, -0.1) is 0 Å². The number of carbonyl (C=O) groups excluding carboxylic acids is 1. The van der Waals surface area contributed by atoms with Crippen LogP contribution >= 0.6 is 0 Å². The van der Waals surface area contributed by atoms with Gasteiger partial charge < -0.3 is 11.1 Å². The number of hydrogen-bond donors (Lipinski definition) is 2. The summed E-state index contributed by atoms with van der Waals surface area (Å²) in [7, 11) is 0. The summed E-state index contributed by atoms with van der Waals surface area (Å²) < 4.78 is 1.80. The summed E-state index contributed by atoms with van der Waals surface area (Å²) in [6, 6.07) is 16.7. The van der Waals surface area contributed by atoms with Gasteiger partial charge >= 0.3 is 0 Å². The molecule has 0 unspecified atom stereocenters. The second-order valence-corrected chi connectivity index (χ2v) is 7.70. The molecular formula is C23H27N5O. The van der Waals surface area contributed by atoms with Crippen LogP contribution in [0, 0.1) is 11.8 Å². The van der Waals surface area contributed by atoms with Crippen molar-refractivity contribution in [2.75, 3.05) is 6.54 Å². The Kier molecular flexibility index (Phi) is 6.00. The number of carbonyl (C=O) groups is 1. The first-order valence-electron chi connectivity index (χ1n) is 10.2. The van der Waals surface area contributed by atoms with Crippen molar-refractivity contribution in [1.29, 1.82) is 0 Å². The van der Waals surface area contributed by atoms with Crippen molar-refractivity contribution < 1.29 is 4.79 Å².